The Balaban J connectivity index is 2.92. The van der Waals surface area contributed by atoms with Crippen molar-refractivity contribution < 1.29 is 35.5 Å². The third-order valence-electron chi connectivity index (χ3n) is 2.40. The van der Waals surface area contributed by atoms with Crippen molar-refractivity contribution in [3.8, 4) is 5.75 Å². The number of halogens is 7. The Kier molecular flexibility index (Phi) is 5.03. The fourth-order valence-corrected chi connectivity index (χ4v) is 1.53. The first-order valence-corrected chi connectivity index (χ1v) is 5.69. The molecule has 1 rings (SSSR count). The summed E-state index contributed by atoms with van der Waals surface area (Å²) in [5.74, 6) is -4.45. The molecular formula is C11H8F7NOS. The molecule has 0 heterocycles. The first-order chi connectivity index (χ1) is 9.43. The molecule has 0 aromatic heterocycles. The van der Waals surface area contributed by atoms with Crippen molar-refractivity contribution >= 4 is 17.2 Å². The molecular weight excluding hydrogens is 327 g/mol. The van der Waals surface area contributed by atoms with Crippen molar-refractivity contribution in [3.05, 3.63) is 29.6 Å². The van der Waals surface area contributed by atoms with E-state index in [2.05, 4.69) is 17.0 Å². The zero-order valence-electron chi connectivity index (χ0n) is 10.1. The third-order valence-corrected chi connectivity index (χ3v) is 2.68. The summed E-state index contributed by atoms with van der Waals surface area (Å²) >= 11 is 4.22. The SMILES string of the molecule is NC(=S)C(COc1ccc(F)c(C(F)(F)F)c1)C(F)(F)F. The van der Waals surface area contributed by atoms with Crippen molar-refractivity contribution in [2.75, 3.05) is 6.61 Å². The second-order valence-electron chi connectivity index (χ2n) is 3.95. The lowest BCUT2D eigenvalue weighted by Gasteiger charge is -2.19. The van der Waals surface area contributed by atoms with Gasteiger partial charge in [0, 0.05) is 0 Å². The van der Waals surface area contributed by atoms with E-state index in [1.807, 2.05) is 0 Å². The molecule has 1 aromatic rings. The van der Waals surface area contributed by atoms with E-state index in [0.29, 0.717) is 6.07 Å². The zero-order chi connectivity index (χ0) is 16.4. The van der Waals surface area contributed by atoms with Crippen LogP contribution in [0, 0.1) is 11.7 Å². The lowest BCUT2D eigenvalue weighted by Crippen LogP contribution is -2.38. The van der Waals surface area contributed by atoms with Crippen LogP contribution in [0.15, 0.2) is 18.2 Å². The minimum Gasteiger partial charge on any atom is -0.492 e. The van der Waals surface area contributed by atoms with Gasteiger partial charge in [0.05, 0.1) is 10.6 Å². The Hall–Kier alpha value is -1.58. The fourth-order valence-electron chi connectivity index (χ4n) is 1.33. The Morgan fingerprint density at radius 1 is 1.19 bits per heavy atom. The predicted molar refractivity (Wildman–Crippen MR) is 63.2 cm³/mol. The van der Waals surface area contributed by atoms with Crippen LogP contribution in [0.1, 0.15) is 5.56 Å². The van der Waals surface area contributed by atoms with Gasteiger partial charge < -0.3 is 10.5 Å². The minimum absolute atomic E-state index is 0.266. The van der Waals surface area contributed by atoms with E-state index in [1.165, 1.54) is 0 Å². The first kappa shape index (κ1) is 17.5. The van der Waals surface area contributed by atoms with Crippen LogP contribution < -0.4 is 10.5 Å². The highest BCUT2D eigenvalue weighted by Crippen LogP contribution is 2.34. The minimum atomic E-state index is -4.99. The van der Waals surface area contributed by atoms with E-state index < -0.39 is 47.0 Å². The molecule has 10 heteroatoms. The van der Waals surface area contributed by atoms with E-state index in [9.17, 15) is 30.7 Å². The monoisotopic (exact) mass is 335 g/mol. The Bertz CT molecular complexity index is 526. The van der Waals surface area contributed by atoms with Crippen LogP contribution in [0.2, 0.25) is 0 Å². The van der Waals surface area contributed by atoms with Crippen LogP contribution in [0.3, 0.4) is 0 Å². The van der Waals surface area contributed by atoms with Gasteiger partial charge in [-0.1, -0.05) is 12.2 Å². The van der Waals surface area contributed by atoms with Crippen LogP contribution >= 0.6 is 12.2 Å². The van der Waals surface area contributed by atoms with Gasteiger partial charge in [-0.25, -0.2) is 4.39 Å². The highest BCUT2D eigenvalue weighted by atomic mass is 32.1. The maximum Gasteiger partial charge on any atom is 0.419 e. The second-order valence-corrected chi connectivity index (χ2v) is 4.42. The molecule has 1 aromatic carbocycles. The van der Waals surface area contributed by atoms with Gasteiger partial charge in [-0.05, 0) is 18.2 Å². The first-order valence-electron chi connectivity index (χ1n) is 5.28. The van der Waals surface area contributed by atoms with Crippen molar-refractivity contribution in [1.29, 1.82) is 0 Å². The van der Waals surface area contributed by atoms with Gasteiger partial charge in [-0.2, -0.15) is 26.3 Å². The molecule has 0 aliphatic rings. The molecule has 0 spiro atoms. The van der Waals surface area contributed by atoms with Crippen LogP contribution in [0.25, 0.3) is 0 Å². The van der Waals surface area contributed by atoms with Crippen molar-refractivity contribution in [2.45, 2.75) is 12.4 Å². The number of benzene rings is 1. The molecule has 0 bridgehead atoms. The molecule has 1 atom stereocenters. The lowest BCUT2D eigenvalue weighted by molar-refractivity contribution is -0.161. The molecule has 0 saturated heterocycles. The van der Waals surface area contributed by atoms with Gasteiger partial charge >= 0.3 is 12.4 Å². The number of rotatable bonds is 4. The number of hydrogen-bond acceptors (Lipinski definition) is 2. The Labute approximate surface area is 119 Å². The molecule has 0 radical (unpaired) electrons. The van der Waals surface area contributed by atoms with Gasteiger partial charge in [-0.15, -0.1) is 0 Å². The summed E-state index contributed by atoms with van der Waals surface area (Å²) < 4.78 is 92.4. The van der Waals surface area contributed by atoms with E-state index in [1.54, 1.807) is 0 Å². The maximum atomic E-state index is 13.0. The summed E-state index contributed by atoms with van der Waals surface area (Å²) in [6, 6.07) is 1.49. The molecule has 0 saturated carbocycles. The fraction of sp³-hybridized carbons (Fsp3) is 0.364. The molecule has 0 amide bonds. The molecule has 2 nitrogen and oxygen atoms in total. The summed E-state index contributed by atoms with van der Waals surface area (Å²) in [6.07, 6.45) is -9.78. The summed E-state index contributed by atoms with van der Waals surface area (Å²) in [7, 11) is 0. The number of hydrogen-bond donors (Lipinski definition) is 1. The highest BCUT2D eigenvalue weighted by molar-refractivity contribution is 7.80. The van der Waals surface area contributed by atoms with E-state index in [-0.39, 0.29) is 6.07 Å². The molecule has 0 fully saturated rings. The standard InChI is InChI=1S/C11H8F7NOS/c12-8-2-1-5(3-6(8)10(13,14)15)20-4-7(9(19)21)11(16,17)18/h1-3,7H,4H2,(H2,19,21). The Morgan fingerprint density at radius 2 is 1.76 bits per heavy atom. The van der Waals surface area contributed by atoms with E-state index >= 15 is 0 Å². The molecule has 1 unspecified atom stereocenters. The van der Waals surface area contributed by atoms with Crippen LogP contribution in [0.5, 0.6) is 5.75 Å². The summed E-state index contributed by atoms with van der Waals surface area (Å²) in [5.41, 5.74) is 3.26. The van der Waals surface area contributed by atoms with Crippen molar-refractivity contribution in [1.82, 2.24) is 0 Å². The maximum absolute atomic E-state index is 13.0. The predicted octanol–water partition coefficient (Wildman–Crippen LogP) is 3.69. The molecule has 118 valence electrons. The van der Waals surface area contributed by atoms with Gasteiger partial charge in [0.15, 0.2) is 0 Å². The van der Waals surface area contributed by atoms with E-state index in [4.69, 9.17) is 5.73 Å². The van der Waals surface area contributed by atoms with Crippen molar-refractivity contribution in [3.63, 3.8) is 0 Å². The molecule has 2 N–H and O–H groups in total. The highest BCUT2D eigenvalue weighted by Gasteiger charge is 2.42. The topological polar surface area (TPSA) is 35.2 Å². The van der Waals surface area contributed by atoms with E-state index in [0.717, 1.165) is 6.07 Å². The van der Waals surface area contributed by atoms with Gasteiger partial charge in [-0.3, -0.25) is 0 Å². The van der Waals surface area contributed by atoms with Crippen LogP contribution in [-0.4, -0.2) is 17.8 Å². The lowest BCUT2D eigenvalue weighted by atomic mass is 10.1. The molecule has 0 aliphatic heterocycles. The Morgan fingerprint density at radius 3 is 2.19 bits per heavy atom. The average Bonchev–Trinajstić information content (AvgIpc) is 2.27. The largest absolute Gasteiger partial charge is 0.492 e. The number of alkyl halides is 6. The number of ether oxygens (including phenoxy) is 1. The summed E-state index contributed by atoms with van der Waals surface area (Å²) in [4.78, 5) is -0.902. The molecule has 21 heavy (non-hydrogen) atoms. The van der Waals surface area contributed by atoms with Crippen LogP contribution in [-0.2, 0) is 6.18 Å². The summed E-state index contributed by atoms with van der Waals surface area (Å²) in [5, 5.41) is 0. The molecule has 0 aliphatic carbocycles. The van der Waals surface area contributed by atoms with Crippen molar-refractivity contribution in [2.24, 2.45) is 11.7 Å². The number of nitrogens with two attached hydrogens (primary N) is 1. The van der Waals surface area contributed by atoms with Gasteiger partial charge in [0.25, 0.3) is 0 Å². The normalized spacial score (nSPS) is 13.9. The summed E-state index contributed by atoms with van der Waals surface area (Å²) in [6.45, 7) is -1.10. The third kappa shape index (κ3) is 4.73. The van der Waals surface area contributed by atoms with Gasteiger partial charge in [0.1, 0.15) is 24.1 Å². The zero-order valence-corrected chi connectivity index (χ0v) is 10.9. The smallest absolute Gasteiger partial charge is 0.419 e. The second kappa shape index (κ2) is 6.04. The quantitative estimate of drug-likeness (QED) is 0.673. The van der Waals surface area contributed by atoms with Gasteiger partial charge in [0.2, 0.25) is 0 Å². The van der Waals surface area contributed by atoms with Crippen LogP contribution in [0.4, 0.5) is 30.7 Å². The number of thiocarbonyl (C=S) groups is 1. The average molecular weight is 335 g/mol.